The highest BCUT2D eigenvalue weighted by Gasteiger charge is 2.37. The first-order valence-corrected chi connectivity index (χ1v) is 14.2. The number of hydrogen-bond acceptors (Lipinski definition) is 7. The van der Waals surface area contributed by atoms with E-state index >= 15 is 0 Å². The molecule has 2 aromatic carbocycles. The van der Waals surface area contributed by atoms with Gasteiger partial charge in [-0.2, -0.15) is 8.70 Å². The Morgan fingerprint density at radius 1 is 1.22 bits per heavy atom. The molecule has 7 nitrogen and oxygen atoms in total. The Kier molecular flexibility index (Phi) is 9.75. The van der Waals surface area contributed by atoms with Crippen molar-refractivity contribution in [3.63, 3.8) is 0 Å². The van der Waals surface area contributed by atoms with E-state index in [-0.39, 0.29) is 17.3 Å². The van der Waals surface area contributed by atoms with Gasteiger partial charge in [-0.05, 0) is 50.6 Å². The number of esters is 1. The molecular weight excluding hydrogens is 510 g/mol. The lowest BCUT2D eigenvalue weighted by molar-refractivity contribution is -0.140. The second kappa shape index (κ2) is 12.6. The van der Waals surface area contributed by atoms with Crippen LogP contribution in [0.4, 0.5) is 20.2 Å². The molecule has 0 aromatic heterocycles. The number of rotatable bonds is 10. The summed E-state index contributed by atoms with van der Waals surface area (Å²) >= 11 is 1.29. The van der Waals surface area contributed by atoms with E-state index in [0.717, 1.165) is 5.69 Å². The third kappa shape index (κ3) is 6.19. The van der Waals surface area contributed by atoms with Crippen molar-refractivity contribution < 1.29 is 31.5 Å². The van der Waals surface area contributed by atoms with Crippen LogP contribution in [0.15, 0.2) is 64.3 Å². The SMILES string of the molecule is CCOC(=O)/C(F)=C/Oc1cc2c(cc1SC)N(c1ccccc1)CC(CCCCF)N(C)S2(=O)=O. The average Bonchev–Trinajstić information content (AvgIpc) is 2.96. The van der Waals surface area contributed by atoms with Crippen LogP contribution in [0.1, 0.15) is 26.2 Å². The van der Waals surface area contributed by atoms with Crippen molar-refractivity contribution in [2.75, 3.05) is 38.0 Å². The van der Waals surface area contributed by atoms with Gasteiger partial charge in [-0.1, -0.05) is 18.2 Å². The molecule has 0 spiro atoms. The lowest BCUT2D eigenvalue weighted by Crippen LogP contribution is -2.40. The number of fused-ring (bicyclic) bond motifs is 1. The Morgan fingerprint density at radius 2 is 1.94 bits per heavy atom. The number of carbonyl (C=O) groups excluding carboxylic acids is 1. The van der Waals surface area contributed by atoms with Gasteiger partial charge < -0.3 is 14.4 Å². The van der Waals surface area contributed by atoms with Crippen LogP contribution < -0.4 is 9.64 Å². The number of carbonyl (C=O) groups is 1. The van der Waals surface area contributed by atoms with Crippen LogP contribution in [0, 0.1) is 0 Å². The predicted molar refractivity (Wildman–Crippen MR) is 137 cm³/mol. The molecule has 0 bridgehead atoms. The summed E-state index contributed by atoms with van der Waals surface area (Å²) in [6.45, 7) is 1.46. The summed E-state index contributed by atoms with van der Waals surface area (Å²) in [6, 6.07) is 12.0. The largest absolute Gasteiger partial charge is 0.461 e. The Hall–Kier alpha value is -2.63. The number of anilines is 2. The van der Waals surface area contributed by atoms with Crippen LogP contribution in [-0.2, 0) is 19.6 Å². The molecular formula is C25H30F2N2O5S2. The van der Waals surface area contributed by atoms with Gasteiger partial charge in [0, 0.05) is 31.4 Å². The lowest BCUT2D eigenvalue weighted by atomic mass is 10.1. The molecule has 1 unspecified atom stereocenters. The molecule has 2 aromatic rings. The second-order valence-electron chi connectivity index (χ2n) is 8.08. The second-order valence-corrected chi connectivity index (χ2v) is 10.9. The van der Waals surface area contributed by atoms with Crippen molar-refractivity contribution >= 4 is 39.1 Å². The monoisotopic (exact) mass is 540 g/mol. The third-order valence-corrected chi connectivity index (χ3v) is 8.55. The van der Waals surface area contributed by atoms with E-state index in [1.54, 1.807) is 19.2 Å². The molecule has 1 atom stereocenters. The molecule has 36 heavy (non-hydrogen) atoms. The molecule has 0 saturated carbocycles. The highest BCUT2D eigenvalue weighted by Crippen LogP contribution is 2.43. The molecule has 3 rings (SSSR count). The van der Waals surface area contributed by atoms with Gasteiger partial charge in [0.2, 0.25) is 15.9 Å². The van der Waals surface area contributed by atoms with Gasteiger partial charge in [-0.3, -0.25) is 4.39 Å². The molecule has 0 saturated heterocycles. The van der Waals surface area contributed by atoms with Crippen molar-refractivity contribution in [3.8, 4) is 5.75 Å². The normalized spacial score (nSPS) is 17.9. The minimum Gasteiger partial charge on any atom is -0.461 e. The molecule has 1 aliphatic heterocycles. The fraction of sp³-hybridized carbons (Fsp3) is 0.400. The summed E-state index contributed by atoms with van der Waals surface area (Å²) in [5, 5.41) is 0. The number of likely N-dealkylation sites (N-methyl/N-ethyl adjacent to an activating group) is 1. The maximum absolute atomic E-state index is 14.1. The van der Waals surface area contributed by atoms with Gasteiger partial charge in [-0.25, -0.2) is 13.2 Å². The molecule has 196 valence electrons. The first-order valence-electron chi connectivity index (χ1n) is 11.5. The van der Waals surface area contributed by atoms with E-state index in [1.165, 1.54) is 29.2 Å². The summed E-state index contributed by atoms with van der Waals surface area (Å²) in [6.07, 6.45) is 3.78. The van der Waals surface area contributed by atoms with E-state index in [4.69, 9.17) is 4.74 Å². The van der Waals surface area contributed by atoms with Crippen LogP contribution in [0.2, 0.25) is 0 Å². The van der Waals surface area contributed by atoms with Crippen molar-refractivity contribution in [2.45, 2.75) is 42.0 Å². The highest BCUT2D eigenvalue weighted by molar-refractivity contribution is 7.98. The van der Waals surface area contributed by atoms with Gasteiger partial charge in [0.15, 0.2) is 0 Å². The van der Waals surface area contributed by atoms with Crippen LogP contribution in [0.3, 0.4) is 0 Å². The van der Waals surface area contributed by atoms with Gasteiger partial charge in [0.25, 0.3) is 0 Å². The standard InChI is InChI=1S/C25H30F2N2O5S2/c1-4-33-25(30)20(27)17-34-22-15-24-21(14-23(22)35-3)29(18-10-6-5-7-11-18)16-19(12-8-9-13-26)28(2)36(24,31)32/h5-7,10-11,14-15,17,19H,4,8-9,12-13,16H2,1-3H3/b20-17-. The number of ether oxygens (including phenoxy) is 2. The number of unbranched alkanes of at least 4 members (excludes halogenated alkanes) is 1. The van der Waals surface area contributed by atoms with Crippen LogP contribution >= 0.6 is 11.8 Å². The van der Waals surface area contributed by atoms with E-state index in [2.05, 4.69) is 4.74 Å². The summed E-state index contributed by atoms with van der Waals surface area (Å²) in [5.41, 5.74) is 1.25. The van der Waals surface area contributed by atoms with Crippen molar-refractivity contribution in [1.82, 2.24) is 4.31 Å². The number of sulfonamides is 1. The molecule has 11 heteroatoms. The van der Waals surface area contributed by atoms with Crippen LogP contribution in [-0.4, -0.2) is 57.9 Å². The Bertz CT molecular complexity index is 1190. The summed E-state index contributed by atoms with van der Waals surface area (Å²) in [5.74, 6) is -2.32. The Labute approximate surface area is 215 Å². The predicted octanol–water partition coefficient (Wildman–Crippen LogP) is 5.44. The third-order valence-electron chi connectivity index (χ3n) is 5.85. The molecule has 1 aliphatic rings. The number of alkyl halides is 1. The van der Waals surface area contributed by atoms with Gasteiger partial charge in [-0.15, -0.1) is 11.8 Å². The number of thioether (sulfide) groups is 1. The van der Waals surface area contributed by atoms with Gasteiger partial charge in [0.1, 0.15) is 16.9 Å². The van der Waals surface area contributed by atoms with Crippen LogP contribution in [0.5, 0.6) is 5.75 Å². The number of hydrogen-bond donors (Lipinski definition) is 0. The number of halogens is 2. The average molecular weight is 541 g/mol. The molecule has 0 radical (unpaired) electrons. The molecule has 0 aliphatic carbocycles. The Morgan fingerprint density at radius 3 is 2.58 bits per heavy atom. The molecule has 0 N–H and O–H groups in total. The molecule has 1 heterocycles. The van der Waals surface area contributed by atoms with E-state index in [0.29, 0.717) is 42.7 Å². The van der Waals surface area contributed by atoms with Gasteiger partial charge in [0.05, 0.1) is 23.9 Å². The minimum atomic E-state index is -3.99. The number of nitrogens with zero attached hydrogens (tertiary/aromatic N) is 2. The zero-order chi connectivity index (χ0) is 26.3. The van der Waals surface area contributed by atoms with Crippen molar-refractivity contribution in [3.05, 3.63) is 54.6 Å². The Balaban J connectivity index is 2.13. The number of para-hydroxylation sites is 1. The first kappa shape index (κ1) is 27.9. The minimum absolute atomic E-state index is 0.00138. The molecule has 0 amide bonds. The summed E-state index contributed by atoms with van der Waals surface area (Å²) in [4.78, 5) is 14.1. The zero-order valence-electron chi connectivity index (χ0n) is 20.4. The molecule has 0 fully saturated rings. The zero-order valence-corrected chi connectivity index (χ0v) is 22.1. The van der Waals surface area contributed by atoms with E-state index in [9.17, 15) is 22.0 Å². The maximum atomic E-state index is 14.1. The van der Waals surface area contributed by atoms with Crippen molar-refractivity contribution in [2.24, 2.45) is 0 Å². The first-order chi connectivity index (χ1) is 17.2. The fourth-order valence-electron chi connectivity index (χ4n) is 3.94. The topological polar surface area (TPSA) is 76.2 Å². The van der Waals surface area contributed by atoms with E-state index in [1.807, 2.05) is 35.2 Å². The fourth-order valence-corrected chi connectivity index (χ4v) is 6.04. The summed E-state index contributed by atoms with van der Waals surface area (Å²) in [7, 11) is -2.48. The van der Waals surface area contributed by atoms with Crippen molar-refractivity contribution in [1.29, 1.82) is 0 Å². The van der Waals surface area contributed by atoms with E-state index < -0.39 is 34.5 Å². The van der Waals surface area contributed by atoms with Gasteiger partial charge >= 0.3 is 5.97 Å². The smallest absolute Gasteiger partial charge is 0.370 e. The maximum Gasteiger partial charge on any atom is 0.370 e. The lowest BCUT2D eigenvalue weighted by Gasteiger charge is -2.29. The summed E-state index contributed by atoms with van der Waals surface area (Å²) < 4.78 is 65.7. The van der Waals surface area contributed by atoms with Crippen LogP contribution in [0.25, 0.3) is 0 Å². The highest BCUT2D eigenvalue weighted by atomic mass is 32.2. The quantitative estimate of drug-likeness (QED) is 0.131. The number of benzene rings is 2.